The summed E-state index contributed by atoms with van der Waals surface area (Å²) in [6, 6.07) is 21.2. The molecule has 0 atom stereocenters. The molecular weight excluding hydrogens is 484 g/mol. The minimum Gasteiger partial charge on any atom is -0.489 e. The van der Waals surface area contributed by atoms with E-state index in [1.54, 1.807) is 24.3 Å². The number of amidine groups is 1. The van der Waals surface area contributed by atoms with Crippen molar-refractivity contribution in [1.29, 1.82) is 0 Å². The SMILES string of the molecule is C=CCN1C(=O)/C(=C/c2cccc(OCc3ccc(Cl)cc3)c2)SC1=Nc1cccc(C(=O)O)c1. The molecule has 0 saturated carbocycles. The van der Waals surface area contributed by atoms with Crippen LogP contribution in [0.5, 0.6) is 5.75 Å². The summed E-state index contributed by atoms with van der Waals surface area (Å²) < 4.78 is 5.89. The van der Waals surface area contributed by atoms with Crippen LogP contribution >= 0.6 is 23.4 Å². The Labute approximate surface area is 212 Å². The Hall–Kier alpha value is -3.81. The number of carbonyl (C=O) groups excluding carboxylic acids is 1. The Morgan fingerprint density at radius 2 is 1.89 bits per heavy atom. The van der Waals surface area contributed by atoms with Gasteiger partial charge in [-0.15, -0.1) is 6.58 Å². The Balaban J connectivity index is 1.55. The van der Waals surface area contributed by atoms with Gasteiger partial charge >= 0.3 is 5.97 Å². The number of nitrogens with zero attached hydrogens (tertiary/aromatic N) is 2. The molecule has 0 unspecified atom stereocenters. The summed E-state index contributed by atoms with van der Waals surface area (Å²) in [5, 5.41) is 10.4. The van der Waals surface area contributed by atoms with Crippen LogP contribution in [0.2, 0.25) is 5.02 Å². The lowest BCUT2D eigenvalue weighted by atomic mass is 10.2. The lowest BCUT2D eigenvalue weighted by Gasteiger charge is -2.12. The quantitative estimate of drug-likeness (QED) is 0.283. The summed E-state index contributed by atoms with van der Waals surface area (Å²) in [6.07, 6.45) is 3.41. The largest absolute Gasteiger partial charge is 0.489 e. The lowest BCUT2D eigenvalue weighted by molar-refractivity contribution is -0.121. The third-order valence-corrected chi connectivity index (χ3v) is 6.25. The molecule has 0 spiro atoms. The van der Waals surface area contributed by atoms with Gasteiger partial charge in [-0.3, -0.25) is 9.69 Å². The smallest absolute Gasteiger partial charge is 0.335 e. The molecule has 1 aliphatic heterocycles. The van der Waals surface area contributed by atoms with Gasteiger partial charge in [0.2, 0.25) is 0 Å². The number of amides is 1. The molecule has 1 heterocycles. The van der Waals surface area contributed by atoms with Gasteiger partial charge in [0.1, 0.15) is 12.4 Å². The molecule has 3 aromatic rings. The van der Waals surface area contributed by atoms with Gasteiger partial charge in [-0.25, -0.2) is 9.79 Å². The molecule has 0 bridgehead atoms. The van der Waals surface area contributed by atoms with E-state index in [4.69, 9.17) is 16.3 Å². The first-order valence-electron chi connectivity index (χ1n) is 10.6. The van der Waals surface area contributed by atoms with Crippen molar-refractivity contribution in [2.75, 3.05) is 6.54 Å². The van der Waals surface area contributed by atoms with Gasteiger partial charge in [-0.05, 0) is 71.4 Å². The van der Waals surface area contributed by atoms with Crippen LogP contribution in [0.15, 0.2) is 95.3 Å². The fraction of sp³-hybridized carbons (Fsp3) is 0.0741. The minimum atomic E-state index is -1.04. The summed E-state index contributed by atoms with van der Waals surface area (Å²) in [5.41, 5.74) is 2.38. The van der Waals surface area contributed by atoms with Crippen molar-refractivity contribution in [3.63, 3.8) is 0 Å². The number of carbonyl (C=O) groups is 2. The maximum absolute atomic E-state index is 13.1. The molecule has 0 aromatic heterocycles. The van der Waals surface area contributed by atoms with Crippen molar-refractivity contribution < 1.29 is 19.4 Å². The molecule has 3 aromatic carbocycles. The molecule has 1 saturated heterocycles. The Kier molecular flexibility index (Phi) is 7.70. The monoisotopic (exact) mass is 504 g/mol. The molecule has 4 rings (SSSR count). The molecule has 0 radical (unpaired) electrons. The molecule has 1 fully saturated rings. The molecule has 0 aliphatic carbocycles. The summed E-state index contributed by atoms with van der Waals surface area (Å²) in [4.78, 5) is 30.9. The Bertz CT molecular complexity index is 1340. The predicted molar refractivity (Wildman–Crippen MR) is 140 cm³/mol. The zero-order chi connectivity index (χ0) is 24.8. The molecule has 6 nitrogen and oxygen atoms in total. The van der Waals surface area contributed by atoms with Crippen molar-refractivity contribution in [2.24, 2.45) is 4.99 Å². The van der Waals surface area contributed by atoms with E-state index in [9.17, 15) is 14.7 Å². The van der Waals surface area contributed by atoms with Crippen LogP contribution in [-0.2, 0) is 11.4 Å². The standard InChI is InChI=1S/C27H21ClN2O4S/c1-2-13-30-25(31)24(35-27(30)29-22-7-4-6-20(16-22)26(32)33)15-19-5-3-8-23(14-19)34-17-18-9-11-21(28)12-10-18/h2-12,14-16H,1,13,17H2,(H,32,33)/b24-15-,29-27?. The molecule has 176 valence electrons. The van der Waals surface area contributed by atoms with Crippen LogP contribution in [-0.4, -0.2) is 33.6 Å². The van der Waals surface area contributed by atoms with E-state index in [0.717, 1.165) is 11.1 Å². The third-order valence-electron chi connectivity index (χ3n) is 4.99. The number of hydrogen-bond donors (Lipinski definition) is 1. The van der Waals surface area contributed by atoms with Gasteiger partial charge in [-0.2, -0.15) is 0 Å². The van der Waals surface area contributed by atoms with Crippen molar-refractivity contribution in [2.45, 2.75) is 6.61 Å². The summed E-state index contributed by atoms with van der Waals surface area (Å²) >= 11 is 7.16. The zero-order valence-corrected chi connectivity index (χ0v) is 20.1. The highest BCUT2D eigenvalue weighted by Crippen LogP contribution is 2.34. The first-order chi connectivity index (χ1) is 16.9. The van der Waals surface area contributed by atoms with E-state index >= 15 is 0 Å². The van der Waals surface area contributed by atoms with Crippen molar-refractivity contribution in [3.8, 4) is 5.75 Å². The van der Waals surface area contributed by atoms with Crippen LogP contribution in [0.4, 0.5) is 5.69 Å². The van der Waals surface area contributed by atoms with E-state index in [1.807, 2.05) is 48.5 Å². The van der Waals surface area contributed by atoms with Crippen molar-refractivity contribution in [1.82, 2.24) is 4.90 Å². The maximum Gasteiger partial charge on any atom is 0.335 e. The molecular formula is C27H21ClN2O4S. The van der Waals surface area contributed by atoms with Crippen molar-refractivity contribution in [3.05, 3.63) is 112 Å². The Morgan fingerprint density at radius 1 is 1.11 bits per heavy atom. The number of benzene rings is 3. The number of ether oxygens (including phenoxy) is 1. The van der Waals surface area contributed by atoms with Crippen LogP contribution in [0.3, 0.4) is 0 Å². The minimum absolute atomic E-state index is 0.127. The molecule has 35 heavy (non-hydrogen) atoms. The highest BCUT2D eigenvalue weighted by Gasteiger charge is 2.32. The molecule has 1 N–H and O–H groups in total. The van der Waals surface area contributed by atoms with Crippen LogP contribution in [0, 0.1) is 0 Å². The van der Waals surface area contributed by atoms with E-state index < -0.39 is 5.97 Å². The van der Waals surface area contributed by atoms with Crippen LogP contribution in [0.25, 0.3) is 6.08 Å². The number of carboxylic acid groups (broad SMARTS) is 1. The third kappa shape index (κ3) is 6.20. The second-order valence-corrected chi connectivity index (χ2v) is 9.00. The molecule has 1 aliphatic rings. The van der Waals surface area contributed by atoms with Gasteiger partial charge in [0.25, 0.3) is 5.91 Å². The number of aromatic carboxylic acids is 1. The normalized spacial score (nSPS) is 15.6. The van der Waals surface area contributed by atoms with Crippen LogP contribution < -0.4 is 4.74 Å². The van der Waals surface area contributed by atoms with E-state index in [1.165, 1.54) is 28.8 Å². The van der Waals surface area contributed by atoms with Gasteiger partial charge in [0.15, 0.2) is 5.17 Å². The summed E-state index contributed by atoms with van der Waals surface area (Å²) in [5.74, 6) is -0.563. The van der Waals surface area contributed by atoms with Gasteiger partial charge in [-0.1, -0.05) is 48.0 Å². The molecule has 8 heteroatoms. The number of thioether (sulfide) groups is 1. The average molecular weight is 505 g/mol. The van der Waals surface area contributed by atoms with E-state index in [-0.39, 0.29) is 18.0 Å². The van der Waals surface area contributed by atoms with E-state index in [0.29, 0.717) is 33.1 Å². The van der Waals surface area contributed by atoms with Gasteiger partial charge < -0.3 is 9.84 Å². The number of aliphatic imine (C=N–C) groups is 1. The van der Waals surface area contributed by atoms with Crippen LogP contribution in [0.1, 0.15) is 21.5 Å². The Morgan fingerprint density at radius 3 is 2.63 bits per heavy atom. The van der Waals surface area contributed by atoms with Gasteiger partial charge in [0.05, 0.1) is 16.2 Å². The first kappa shape index (κ1) is 24.3. The zero-order valence-electron chi connectivity index (χ0n) is 18.6. The average Bonchev–Trinajstić information content (AvgIpc) is 3.13. The van der Waals surface area contributed by atoms with E-state index in [2.05, 4.69) is 11.6 Å². The highest BCUT2D eigenvalue weighted by atomic mass is 35.5. The summed E-state index contributed by atoms with van der Waals surface area (Å²) in [7, 11) is 0. The lowest BCUT2D eigenvalue weighted by Crippen LogP contribution is -2.29. The second kappa shape index (κ2) is 11.1. The number of hydrogen-bond acceptors (Lipinski definition) is 5. The van der Waals surface area contributed by atoms with Gasteiger partial charge in [0, 0.05) is 11.6 Å². The second-order valence-electron chi connectivity index (χ2n) is 7.55. The fourth-order valence-corrected chi connectivity index (χ4v) is 4.43. The molecule has 1 amide bonds. The topological polar surface area (TPSA) is 79.2 Å². The number of carboxylic acids is 1. The van der Waals surface area contributed by atoms with Crippen molar-refractivity contribution >= 4 is 52.2 Å². The predicted octanol–water partition coefficient (Wildman–Crippen LogP) is 6.41. The maximum atomic E-state index is 13.1. The summed E-state index contributed by atoms with van der Waals surface area (Å²) in [6.45, 7) is 4.40. The number of rotatable bonds is 8. The number of halogens is 1. The first-order valence-corrected chi connectivity index (χ1v) is 11.8. The highest BCUT2D eigenvalue weighted by molar-refractivity contribution is 8.18. The fourth-order valence-electron chi connectivity index (χ4n) is 3.29.